The zero-order valence-corrected chi connectivity index (χ0v) is 18.2. The van der Waals surface area contributed by atoms with Crippen molar-refractivity contribution < 1.29 is 4.79 Å². The predicted octanol–water partition coefficient (Wildman–Crippen LogP) is 5.35. The van der Waals surface area contributed by atoms with Crippen LogP contribution in [-0.2, 0) is 17.8 Å². The Bertz CT molecular complexity index is 1230. The minimum atomic E-state index is 0.0459. The van der Waals surface area contributed by atoms with Crippen molar-refractivity contribution in [1.29, 1.82) is 5.41 Å². The third-order valence-corrected chi connectivity index (χ3v) is 5.95. The Kier molecular flexibility index (Phi) is 6.17. The molecule has 0 fully saturated rings. The second-order valence-corrected chi connectivity index (χ2v) is 8.34. The van der Waals surface area contributed by atoms with E-state index in [1.54, 1.807) is 0 Å². The fourth-order valence-electron chi connectivity index (χ4n) is 4.24. The lowest BCUT2D eigenvalue weighted by atomic mass is 10.0. The second-order valence-electron chi connectivity index (χ2n) is 8.34. The van der Waals surface area contributed by atoms with Crippen LogP contribution in [0.4, 0.5) is 0 Å². The summed E-state index contributed by atoms with van der Waals surface area (Å²) < 4.78 is 4.19. The molecule has 1 N–H and O–H groups in total. The maximum Gasteiger partial charge on any atom is 0.203 e. The van der Waals surface area contributed by atoms with Gasteiger partial charge in [-0.05, 0) is 49.9 Å². The molecule has 31 heavy (non-hydrogen) atoms. The van der Waals surface area contributed by atoms with Crippen LogP contribution >= 0.6 is 0 Å². The largest absolute Gasteiger partial charge is 0.307 e. The molecule has 1 aromatic heterocycles. The Labute approximate surface area is 183 Å². The van der Waals surface area contributed by atoms with E-state index in [-0.39, 0.29) is 6.04 Å². The van der Waals surface area contributed by atoms with Crippen molar-refractivity contribution in [3.63, 3.8) is 0 Å². The Morgan fingerprint density at radius 2 is 1.42 bits per heavy atom. The van der Waals surface area contributed by atoms with Gasteiger partial charge in [-0.2, -0.15) is 0 Å². The molecule has 4 rings (SSSR count). The minimum Gasteiger partial charge on any atom is -0.307 e. The van der Waals surface area contributed by atoms with Gasteiger partial charge in [0.2, 0.25) is 5.62 Å². The zero-order chi connectivity index (χ0) is 21.8. The van der Waals surface area contributed by atoms with Crippen LogP contribution in [-0.4, -0.2) is 15.4 Å². The number of aldehydes is 1. The SMILES string of the molecule is Cc1ccc(CC(CCC=O)n2c(=N)n(Cc3ccc(C)cc3)c3ccccc32)cc1. The van der Waals surface area contributed by atoms with Gasteiger partial charge in [0.25, 0.3) is 0 Å². The molecule has 1 heterocycles. The summed E-state index contributed by atoms with van der Waals surface area (Å²) in [5, 5.41) is 9.07. The molecule has 0 spiro atoms. The number of rotatable bonds is 8. The molecule has 1 unspecified atom stereocenters. The number of para-hydroxylation sites is 2. The number of carbonyl (C=O) groups is 1. The van der Waals surface area contributed by atoms with Crippen LogP contribution in [0.15, 0.2) is 72.8 Å². The molecule has 0 aliphatic rings. The molecule has 0 aliphatic heterocycles. The fraction of sp³-hybridized carbons (Fsp3) is 0.259. The maximum atomic E-state index is 11.2. The molecular weight excluding hydrogens is 382 g/mol. The number of carbonyl (C=O) groups excluding carboxylic acids is 1. The van der Waals surface area contributed by atoms with Gasteiger partial charge in [0.15, 0.2) is 0 Å². The van der Waals surface area contributed by atoms with E-state index in [0.29, 0.717) is 25.0 Å². The van der Waals surface area contributed by atoms with Gasteiger partial charge >= 0.3 is 0 Å². The van der Waals surface area contributed by atoms with Gasteiger partial charge in [-0.25, -0.2) is 0 Å². The number of benzene rings is 3. The van der Waals surface area contributed by atoms with E-state index in [9.17, 15) is 4.79 Å². The van der Waals surface area contributed by atoms with Crippen molar-refractivity contribution in [3.05, 3.63) is 101 Å². The molecular formula is C27H29N3O. The minimum absolute atomic E-state index is 0.0459. The molecule has 0 radical (unpaired) electrons. The zero-order valence-electron chi connectivity index (χ0n) is 18.2. The van der Waals surface area contributed by atoms with Crippen molar-refractivity contribution in [1.82, 2.24) is 9.13 Å². The predicted molar refractivity (Wildman–Crippen MR) is 125 cm³/mol. The van der Waals surface area contributed by atoms with Crippen LogP contribution in [0.5, 0.6) is 0 Å². The van der Waals surface area contributed by atoms with Gasteiger partial charge in [-0.15, -0.1) is 0 Å². The van der Waals surface area contributed by atoms with Crippen LogP contribution in [0.3, 0.4) is 0 Å². The molecule has 158 valence electrons. The molecule has 3 aromatic carbocycles. The summed E-state index contributed by atoms with van der Waals surface area (Å²) >= 11 is 0. The highest BCUT2D eigenvalue weighted by molar-refractivity contribution is 5.76. The Morgan fingerprint density at radius 3 is 2.03 bits per heavy atom. The van der Waals surface area contributed by atoms with Crippen molar-refractivity contribution in [2.75, 3.05) is 0 Å². The van der Waals surface area contributed by atoms with Crippen molar-refractivity contribution in [3.8, 4) is 0 Å². The summed E-state index contributed by atoms with van der Waals surface area (Å²) in [5.41, 5.74) is 7.44. The third-order valence-electron chi connectivity index (χ3n) is 5.95. The van der Waals surface area contributed by atoms with E-state index in [4.69, 9.17) is 5.41 Å². The Morgan fingerprint density at radius 1 is 0.839 bits per heavy atom. The highest BCUT2D eigenvalue weighted by atomic mass is 16.1. The highest BCUT2D eigenvalue weighted by Gasteiger charge is 2.19. The lowest BCUT2D eigenvalue weighted by Crippen LogP contribution is -2.29. The van der Waals surface area contributed by atoms with E-state index in [2.05, 4.69) is 83.6 Å². The maximum absolute atomic E-state index is 11.2. The van der Waals surface area contributed by atoms with Crippen LogP contribution in [0.25, 0.3) is 11.0 Å². The number of nitrogens with one attached hydrogen (secondary N) is 1. The van der Waals surface area contributed by atoms with Gasteiger partial charge in [0, 0.05) is 12.5 Å². The van der Waals surface area contributed by atoms with Gasteiger partial charge in [0.1, 0.15) is 6.29 Å². The van der Waals surface area contributed by atoms with Crippen molar-refractivity contribution >= 4 is 17.3 Å². The average molecular weight is 412 g/mol. The van der Waals surface area contributed by atoms with Crippen LogP contribution in [0.2, 0.25) is 0 Å². The molecule has 0 saturated carbocycles. The Balaban J connectivity index is 1.79. The number of hydrogen-bond donors (Lipinski definition) is 1. The number of fused-ring (bicyclic) bond motifs is 1. The normalized spacial score (nSPS) is 12.2. The summed E-state index contributed by atoms with van der Waals surface area (Å²) in [5.74, 6) is 0. The van der Waals surface area contributed by atoms with E-state index in [0.717, 1.165) is 23.7 Å². The van der Waals surface area contributed by atoms with Gasteiger partial charge < -0.3 is 13.9 Å². The molecule has 0 aliphatic carbocycles. The Hall–Kier alpha value is -3.40. The monoisotopic (exact) mass is 411 g/mol. The summed E-state index contributed by atoms with van der Waals surface area (Å²) in [4.78, 5) is 11.2. The number of imidazole rings is 1. The standard InChI is InChI=1S/C27H29N3O/c1-20-9-13-22(14-10-20)18-24(6-5-17-31)30-26-8-4-3-7-25(26)29(27(30)28)19-23-15-11-21(2)12-16-23/h3-4,7-17,24,28H,5-6,18-19H2,1-2H3. The molecule has 1 atom stereocenters. The van der Waals surface area contributed by atoms with E-state index in [1.165, 1.54) is 22.3 Å². The summed E-state index contributed by atoms with van der Waals surface area (Å²) in [7, 11) is 0. The summed E-state index contributed by atoms with van der Waals surface area (Å²) in [6.07, 6.45) is 2.98. The number of aryl methyl sites for hydroxylation is 2. The number of aromatic nitrogens is 2. The topological polar surface area (TPSA) is 50.8 Å². The third kappa shape index (κ3) is 4.53. The van der Waals surface area contributed by atoms with Gasteiger partial charge in [0.05, 0.1) is 17.6 Å². The van der Waals surface area contributed by atoms with Crippen LogP contribution < -0.4 is 5.62 Å². The number of hydrogen-bond acceptors (Lipinski definition) is 2. The molecule has 0 bridgehead atoms. The fourth-order valence-corrected chi connectivity index (χ4v) is 4.24. The van der Waals surface area contributed by atoms with Crippen LogP contribution in [0.1, 0.15) is 41.1 Å². The summed E-state index contributed by atoms with van der Waals surface area (Å²) in [6.45, 7) is 4.82. The van der Waals surface area contributed by atoms with Crippen molar-refractivity contribution in [2.24, 2.45) is 0 Å². The first-order valence-corrected chi connectivity index (χ1v) is 10.9. The lowest BCUT2D eigenvalue weighted by molar-refractivity contribution is -0.108. The average Bonchev–Trinajstić information content (AvgIpc) is 3.05. The first kappa shape index (κ1) is 20.9. The summed E-state index contributed by atoms with van der Waals surface area (Å²) in [6, 6.07) is 25.3. The van der Waals surface area contributed by atoms with E-state index in [1.807, 2.05) is 12.1 Å². The van der Waals surface area contributed by atoms with E-state index < -0.39 is 0 Å². The molecule has 4 heteroatoms. The molecule has 4 nitrogen and oxygen atoms in total. The van der Waals surface area contributed by atoms with Crippen molar-refractivity contribution in [2.45, 2.75) is 45.7 Å². The van der Waals surface area contributed by atoms with E-state index >= 15 is 0 Å². The molecule has 4 aromatic rings. The molecule has 0 saturated heterocycles. The second kappa shape index (κ2) is 9.17. The van der Waals surface area contributed by atoms with Gasteiger partial charge in [-0.3, -0.25) is 5.41 Å². The molecule has 0 amide bonds. The highest BCUT2D eigenvalue weighted by Crippen LogP contribution is 2.24. The first-order chi connectivity index (χ1) is 15.1. The lowest BCUT2D eigenvalue weighted by Gasteiger charge is -2.19. The van der Waals surface area contributed by atoms with Crippen LogP contribution in [0, 0.1) is 19.3 Å². The van der Waals surface area contributed by atoms with Gasteiger partial charge in [-0.1, -0.05) is 71.8 Å². The first-order valence-electron chi connectivity index (χ1n) is 10.9. The quantitative estimate of drug-likeness (QED) is 0.390. The smallest absolute Gasteiger partial charge is 0.203 e. The number of nitrogens with zero attached hydrogens (tertiary/aromatic N) is 2.